The molecule has 0 fully saturated rings. The van der Waals surface area contributed by atoms with Gasteiger partial charge in [0.05, 0.1) is 12.8 Å². The van der Waals surface area contributed by atoms with Crippen LogP contribution in [-0.2, 0) is 0 Å². The minimum absolute atomic E-state index is 0.222. The SMILES string of the molecule is C[N+]1(S)C=CN=N1. The summed E-state index contributed by atoms with van der Waals surface area (Å²) in [6.07, 6.45) is 3.39. The Morgan fingerprint density at radius 3 is 2.57 bits per heavy atom. The molecule has 3 nitrogen and oxygen atoms in total. The Kier molecular flexibility index (Phi) is 0.900. The van der Waals surface area contributed by atoms with Gasteiger partial charge in [0.1, 0.15) is 13.2 Å². The monoisotopic (exact) mass is 116 g/mol. The molecule has 1 atom stereocenters. The first-order valence-corrected chi connectivity index (χ1v) is 2.30. The lowest BCUT2D eigenvalue weighted by Crippen LogP contribution is -2.14. The highest BCUT2D eigenvalue weighted by molar-refractivity contribution is 7.74. The largest absolute Gasteiger partial charge is 0.156 e. The highest BCUT2D eigenvalue weighted by Gasteiger charge is 2.14. The molecule has 0 saturated heterocycles. The Morgan fingerprint density at radius 2 is 2.43 bits per heavy atom. The molecule has 38 valence electrons. The topological polar surface area (TPSA) is 24.7 Å². The average molecular weight is 116 g/mol. The average Bonchev–Trinajstić information content (AvgIpc) is 1.84. The van der Waals surface area contributed by atoms with E-state index in [0.29, 0.717) is 0 Å². The van der Waals surface area contributed by atoms with Crippen molar-refractivity contribution in [3.8, 4) is 0 Å². The number of nitrogens with zero attached hydrogens (tertiary/aromatic N) is 3. The van der Waals surface area contributed by atoms with E-state index in [1.165, 1.54) is 0 Å². The summed E-state index contributed by atoms with van der Waals surface area (Å²) in [5.41, 5.74) is 0. The van der Waals surface area contributed by atoms with E-state index >= 15 is 0 Å². The zero-order chi connectivity index (χ0) is 5.33. The lowest BCUT2D eigenvalue weighted by Gasteiger charge is -2.04. The molecule has 0 aromatic carbocycles. The third-order valence-corrected chi connectivity index (χ3v) is 0.862. The van der Waals surface area contributed by atoms with Crippen molar-refractivity contribution < 1.29 is 4.00 Å². The van der Waals surface area contributed by atoms with Gasteiger partial charge >= 0.3 is 0 Å². The lowest BCUT2D eigenvalue weighted by atomic mass is 10.9. The summed E-state index contributed by atoms with van der Waals surface area (Å²) in [5.74, 6) is 0. The van der Waals surface area contributed by atoms with Crippen LogP contribution in [0.25, 0.3) is 0 Å². The molecule has 0 saturated carbocycles. The Hall–Kier alpha value is -0.350. The van der Waals surface area contributed by atoms with Crippen LogP contribution < -0.4 is 0 Å². The number of rotatable bonds is 0. The van der Waals surface area contributed by atoms with Crippen molar-refractivity contribution in [2.45, 2.75) is 0 Å². The molecule has 4 heteroatoms. The van der Waals surface area contributed by atoms with E-state index in [4.69, 9.17) is 0 Å². The highest BCUT2D eigenvalue weighted by atomic mass is 32.1. The molecule has 0 spiro atoms. The minimum atomic E-state index is 0.222. The van der Waals surface area contributed by atoms with Crippen LogP contribution in [0.4, 0.5) is 0 Å². The Labute approximate surface area is 47.5 Å². The van der Waals surface area contributed by atoms with E-state index in [1.807, 2.05) is 7.05 Å². The van der Waals surface area contributed by atoms with Gasteiger partial charge in [-0.25, -0.2) is 0 Å². The zero-order valence-corrected chi connectivity index (χ0v) is 4.84. The molecule has 0 aromatic heterocycles. The van der Waals surface area contributed by atoms with Crippen LogP contribution in [0.1, 0.15) is 0 Å². The van der Waals surface area contributed by atoms with Crippen LogP contribution >= 0.6 is 12.8 Å². The summed E-state index contributed by atoms with van der Waals surface area (Å²) in [6, 6.07) is 0. The fourth-order valence-electron chi connectivity index (χ4n) is 0.320. The Morgan fingerprint density at radius 1 is 1.71 bits per heavy atom. The molecular weight excluding hydrogens is 110 g/mol. The van der Waals surface area contributed by atoms with Crippen LogP contribution in [0, 0.1) is 0 Å². The van der Waals surface area contributed by atoms with Crippen molar-refractivity contribution in [3.63, 3.8) is 0 Å². The van der Waals surface area contributed by atoms with Gasteiger partial charge in [0.15, 0.2) is 6.20 Å². The van der Waals surface area contributed by atoms with Gasteiger partial charge in [-0.2, -0.15) is 0 Å². The van der Waals surface area contributed by atoms with Crippen molar-refractivity contribution >= 4 is 12.8 Å². The van der Waals surface area contributed by atoms with Crippen molar-refractivity contribution in [2.24, 2.45) is 10.3 Å². The Bertz CT molecular complexity index is 112. The zero-order valence-electron chi connectivity index (χ0n) is 3.94. The second-order valence-electron chi connectivity index (χ2n) is 1.48. The first-order chi connectivity index (χ1) is 3.21. The Balaban J connectivity index is 2.77. The van der Waals surface area contributed by atoms with E-state index in [9.17, 15) is 0 Å². The number of hydrogen-bond acceptors (Lipinski definition) is 3. The van der Waals surface area contributed by atoms with Crippen molar-refractivity contribution in [3.05, 3.63) is 12.4 Å². The third kappa shape index (κ3) is 1.01. The van der Waals surface area contributed by atoms with Crippen molar-refractivity contribution in [1.82, 2.24) is 0 Å². The van der Waals surface area contributed by atoms with Crippen molar-refractivity contribution in [1.29, 1.82) is 0 Å². The third-order valence-electron chi connectivity index (χ3n) is 0.648. The van der Waals surface area contributed by atoms with Gasteiger partial charge in [-0.1, -0.05) is 4.00 Å². The maximum absolute atomic E-state index is 4.04. The van der Waals surface area contributed by atoms with Crippen LogP contribution in [0.5, 0.6) is 0 Å². The van der Waals surface area contributed by atoms with Gasteiger partial charge in [0, 0.05) is 5.22 Å². The normalized spacial score (nSPS) is 37.4. The molecule has 0 radical (unpaired) electrons. The maximum Gasteiger partial charge on any atom is 0.156 e. The van der Waals surface area contributed by atoms with Gasteiger partial charge in [0.25, 0.3) is 0 Å². The molecule has 0 N–H and O–H groups in total. The highest BCUT2D eigenvalue weighted by Crippen LogP contribution is 2.14. The lowest BCUT2D eigenvalue weighted by molar-refractivity contribution is -0.720. The molecule has 1 rings (SSSR count). The predicted molar refractivity (Wildman–Crippen MR) is 29.2 cm³/mol. The summed E-state index contributed by atoms with van der Waals surface area (Å²) in [7, 11) is 1.82. The minimum Gasteiger partial charge on any atom is -0.102 e. The summed E-state index contributed by atoms with van der Waals surface area (Å²) >= 11 is 4.04. The molecule has 1 heterocycles. The molecule has 1 aliphatic heterocycles. The molecule has 1 unspecified atom stereocenters. The number of quaternary nitrogens is 1. The summed E-state index contributed by atoms with van der Waals surface area (Å²) in [4.78, 5) is 0. The molecule has 0 aromatic rings. The van der Waals surface area contributed by atoms with Crippen LogP contribution in [0.3, 0.4) is 0 Å². The van der Waals surface area contributed by atoms with Gasteiger partial charge < -0.3 is 0 Å². The second-order valence-corrected chi connectivity index (χ2v) is 2.29. The smallest absolute Gasteiger partial charge is 0.102 e. The van der Waals surface area contributed by atoms with E-state index < -0.39 is 0 Å². The fourth-order valence-corrected chi connectivity index (χ4v) is 0.426. The van der Waals surface area contributed by atoms with Crippen LogP contribution in [0.15, 0.2) is 22.7 Å². The summed E-state index contributed by atoms with van der Waals surface area (Å²) in [6.45, 7) is 0. The summed E-state index contributed by atoms with van der Waals surface area (Å²) in [5, 5.41) is 7.26. The number of hydrogen-bond donors (Lipinski definition) is 1. The fraction of sp³-hybridized carbons (Fsp3) is 0.333. The molecule has 0 aliphatic carbocycles. The predicted octanol–water partition coefficient (Wildman–Crippen LogP) is 1.13. The van der Waals surface area contributed by atoms with Crippen molar-refractivity contribution in [2.75, 3.05) is 7.05 Å². The van der Waals surface area contributed by atoms with E-state index in [0.717, 1.165) is 0 Å². The van der Waals surface area contributed by atoms with E-state index in [-0.39, 0.29) is 4.00 Å². The first kappa shape index (κ1) is 4.80. The van der Waals surface area contributed by atoms with Crippen LogP contribution in [0.2, 0.25) is 0 Å². The first-order valence-electron chi connectivity index (χ1n) is 1.90. The van der Waals surface area contributed by atoms with E-state index in [1.54, 1.807) is 12.4 Å². The van der Waals surface area contributed by atoms with Gasteiger partial charge in [-0.05, 0) is 0 Å². The van der Waals surface area contributed by atoms with Gasteiger partial charge in [0.2, 0.25) is 0 Å². The molecule has 0 bridgehead atoms. The number of thiol groups is 1. The van der Waals surface area contributed by atoms with E-state index in [2.05, 4.69) is 23.2 Å². The van der Waals surface area contributed by atoms with Crippen LogP contribution in [-0.4, -0.2) is 11.0 Å². The van der Waals surface area contributed by atoms with Gasteiger partial charge in [-0.3, -0.25) is 0 Å². The molecule has 1 aliphatic rings. The second kappa shape index (κ2) is 1.31. The van der Waals surface area contributed by atoms with Gasteiger partial charge in [-0.15, -0.1) is 5.11 Å². The molecule has 7 heavy (non-hydrogen) atoms. The maximum atomic E-state index is 4.04. The molecular formula is C3H6N3S+. The quantitative estimate of drug-likeness (QED) is 0.362. The summed E-state index contributed by atoms with van der Waals surface area (Å²) < 4.78 is 0.222. The standard InChI is InChI=1S/C3H6N3S/c1-6(7)3-2-4-5-6/h2-3,7H,1H3/q+1. The molecule has 0 amide bonds.